The molecule has 3 N–H and O–H groups in total. The number of nitrogens with one attached hydrogen (secondary N) is 1. The van der Waals surface area contributed by atoms with Crippen molar-refractivity contribution >= 4 is 58.9 Å². The van der Waals surface area contributed by atoms with Gasteiger partial charge in [0.05, 0.1) is 5.69 Å². The van der Waals surface area contributed by atoms with Crippen LogP contribution in [0.4, 0.5) is 5.69 Å². The normalized spacial score (nSPS) is 11.6. The summed E-state index contributed by atoms with van der Waals surface area (Å²) >= 11 is 7.89. The van der Waals surface area contributed by atoms with Crippen molar-refractivity contribution in [3.63, 3.8) is 0 Å². The molecule has 0 aliphatic heterocycles. The van der Waals surface area contributed by atoms with Gasteiger partial charge in [0, 0.05) is 15.5 Å². The Kier molecular flexibility index (Phi) is 4.91. The second-order valence-corrected chi connectivity index (χ2v) is 8.72. The Bertz CT molecular complexity index is 719. The number of hydrogen-bond acceptors (Lipinski definition) is 4. The van der Waals surface area contributed by atoms with Crippen molar-refractivity contribution in [2.75, 3.05) is 4.72 Å². The molecule has 0 spiro atoms. The Hall–Kier alpha value is -0.410. The average Bonchev–Trinajstić information content (AvgIpc) is 2.83. The molecular formula is C12H12Br2N2O2S2. The Morgan fingerprint density at radius 2 is 1.85 bits per heavy atom. The van der Waals surface area contributed by atoms with Gasteiger partial charge in [-0.15, -0.1) is 11.3 Å². The molecule has 1 aromatic carbocycles. The van der Waals surface area contributed by atoms with Crippen LogP contribution in [0.25, 0.3) is 0 Å². The molecule has 0 unspecified atom stereocenters. The van der Waals surface area contributed by atoms with Gasteiger partial charge in [-0.25, -0.2) is 8.42 Å². The molecule has 0 amide bonds. The summed E-state index contributed by atoms with van der Waals surface area (Å²) in [5, 5.41) is 1.74. The van der Waals surface area contributed by atoms with Crippen LogP contribution in [0.1, 0.15) is 11.1 Å². The molecule has 20 heavy (non-hydrogen) atoms. The van der Waals surface area contributed by atoms with E-state index in [-0.39, 0.29) is 4.21 Å². The van der Waals surface area contributed by atoms with Crippen LogP contribution in [0.5, 0.6) is 0 Å². The third-order valence-corrected chi connectivity index (χ3v) is 6.64. The van der Waals surface area contributed by atoms with Crippen LogP contribution in [-0.2, 0) is 16.6 Å². The number of nitrogens with two attached hydrogens (primary N) is 1. The van der Waals surface area contributed by atoms with Crippen LogP contribution < -0.4 is 10.5 Å². The first-order chi connectivity index (χ1) is 9.33. The van der Waals surface area contributed by atoms with E-state index < -0.39 is 10.0 Å². The maximum atomic E-state index is 12.3. The number of sulfonamides is 1. The number of rotatable bonds is 4. The van der Waals surface area contributed by atoms with Crippen LogP contribution in [0, 0.1) is 6.92 Å². The Balaban J connectivity index is 2.38. The van der Waals surface area contributed by atoms with E-state index in [1.807, 2.05) is 19.1 Å². The fraction of sp³-hybridized carbons (Fsp3) is 0.167. The van der Waals surface area contributed by atoms with Gasteiger partial charge in [0.25, 0.3) is 10.0 Å². The Morgan fingerprint density at radius 3 is 2.35 bits per heavy atom. The summed E-state index contributed by atoms with van der Waals surface area (Å²) in [6.07, 6.45) is 0. The average molecular weight is 440 g/mol. The van der Waals surface area contributed by atoms with Crippen molar-refractivity contribution in [3.8, 4) is 0 Å². The second kappa shape index (κ2) is 6.15. The lowest BCUT2D eigenvalue weighted by Gasteiger charge is -2.11. The Morgan fingerprint density at radius 1 is 1.25 bits per heavy atom. The van der Waals surface area contributed by atoms with Gasteiger partial charge in [-0.3, -0.25) is 4.72 Å². The molecule has 0 saturated carbocycles. The van der Waals surface area contributed by atoms with Crippen molar-refractivity contribution in [3.05, 3.63) is 43.7 Å². The summed E-state index contributed by atoms with van der Waals surface area (Å²) in [5.74, 6) is 0. The Labute approximate surface area is 138 Å². The van der Waals surface area contributed by atoms with Crippen LogP contribution in [-0.4, -0.2) is 8.42 Å². The third-order valence-electron chi connectivity index (χ3n) is 2.55. The number of hydrogen-bond donors (Lipinski definition) is 2. The molecule has 1 aromatic heterocycles. The highest BCUT2D eigenvalue weighted by Gasteiger charge is 2.19. The zero-order chi connectivity index (χ0) is 14.9. The maximum Gasteiger partial charge on any atom is 0.271 e. The summed E-state index contributed by atoms with van der Waals surface area (Å²) in [6.45, 7) is 2.25. The summed E-state index contributed by atoms with van der Waals surface area (Å²) < 4.78 is 28.9. The molecule has 1 heterocycles. The van der Waals surface area contributed by atoms with Gasteiger partial charge in [-0.1, -0.05) is 0 Å². The van der Waals surface area contributed by atoms with Crippen molar-refractivity contribution in [2.45, 2.75) is 17.7 Å². The first-order valence-corrected chi connectivity index (χ1v) is 9.54. The number of anilines is 1. The van der Waals surface area contributed by atoms with Crippen LogP contribution in [0.15, 0.2) is 36.7 Å². The van der Waals surface area contributed by atoms with E-state index in [0.717, 1.165) is 22.5 Å². The molecule has 0 radical (unpaired) electrons. The molecule has 0 bridgehead atoms. The minimum absolute atomic E-state index is 0.248. The smallest absolute Gasteiger partial charge is 0.271 e. The number of aryl methyl sites for hydroxylation is 1. The molecular weight excluding hydrogens is 428 g/mol. The van der Waals surface area contributed by atoms with E-state index in [1.54, 1.807) is 11.4 Å². The van der Waals surface area contributed by atoms with Gasteiger partial charge in [0.1, 0.15) is 4.21 Å². The van der Waals surface area contributed by atoms with Gasteiger partial charge in [-0.2, -0.15) is 0 Å². The zero-order valence-electron chi connectivity index (χ0n) is 10.5. The van der Waals surface area contributed by atoms with Crippen molar-refractivity contribution < 1.29 is 8.42 Å². The lowest BCUT2D eigenvalue weighted by molar-refractivity contribution is 0.603. The molecule has 0 saturated heterocycles. The van der Waals surface area contributed by atoms with Gasteiger partial charge < -0.3 is 5.73 Å². The summed E-state index contributed by atoms with van der Waals surface area (Å²) in [5.41, 5.74) is 7.81. The molecule has 4 nitrogen and oxygen atoms in total. The fourth-order valence-corrected chi connectivity index (χ4v) is 5.78. The number of thiophene rings is 1. The van der Waals surface area contributed by atoms with Crippen molar-refractivity contribution in [1.29, 1.82) is 0 Å². The van der Waals surface area contributed by atoms with E-state index in [2.05, 4.69) is 36.6 Å². The standard InChI is InChI=1S/C12H12Br2N2O2S2/c1-7-2-9(13)12(10(14)3-7)16-20(17,18)11-4-8(5-15)6-19-11/h2-4,6,16H,5,15H2,1H3. The number of benzene rings is 1. The van der Waals surface area contributed by atoms with Crippen molar-refractivity contribution in [1.82, 2.24) is 0 Å². The zero-order valence-corrected chi connectivity index (χ0v) is 15.3. The van der Waals surface area contributed by atoms with E-state index in [0.29, 0.717) is 21.2 Å². The first-order valence-electron chi connectivity index (χ1n) is 5.59. The van der Waals surface area contributed by atoms with Crippen LogP contribution >= 0.6 is 43.2 Å². The van der Waals surface area contributed by atoms with Crippen molar-refractivity contribution in [2.24, 2.45) is 5.73 Å². The first kappa shape index (κ1) is 16.0. The quantitative estimate of drug-likeness (QED) is 0.759. The monoisotopic (exact) mass is 438 g/mol. The molecule has 108 valence electrons. The van der Waals surface area contributed by atoms with E-state index in [9.17, 15) is 8.42 Å². The van der Waals surface area contributed by atoms with E-state index in [4.69, 9.17) is 5.73 Å². The topological polar surface area (TPSA) is 72.2 Å². The predicted octanol–water partition coefficient (Wildman–Crippen LogP) is 3.84. The van der Waals surface area contributed by atoms with Gasteiger partial charge in [-0.05, 0) is 73.5 Å². The van der Waals surface area contributed by atoms with Gasteiger partial charge in [0.2, 0.25) is 0 Å². The third kappa shape index (κ3) is 3.43. The lowest BCUT2D eigenvalue weighted by atomic mass is 10.2. The SMILES string of the molecule is Cc1cc(Br)c(NS(=O)(=O)c2cc(CN)cs2)c(Br)c1. The summed E-state index contributed by atoms with van der Waals surface area (Å²) in [6, 6.07) is 5.29. The van der Waals surface area contributed by atoms with Crippen LogP contribution in [0.2, 0.25) is 0 Å². The molecule has 0 atom stereocenters. The van der Waals surface area contributed by atoms with Crippen LogP contribution in [0.3, 0.4) is 0 Å². The minimum Gasteiger partial charge on any atom is -0.326 e. The molecule has 2 rings (SSSR count). The highest BCUT2D eigenvalue weighted by molar-refractivity contribution is 9.11. The maximum absolute atomic E-state index is 12.3. The van der Waals surface area contributed by atoms with E-state index in [1.165, 1.54) is 0 Å². The van der Waals surface area contributed by atoms with Gasteiger partial charge >= 0.3 is 0 Å². The number of halogens is 2. The van der Waals surface area contributed by atoms with E-state index >= 15 is 0 Å². The molecule has 0 aliphatic carbocycles. The lowest BCUT2D eigenvalue weighted by Crippen LogP contribution is -2.12. The fourth-order valence-electron chi connectivity index (χ4n) is 1.58. The predicted molar refractivity (Wildman–Crippen MR) is 89.6 cm³/mol. The highest BCUT2D eigenvalue weighted by Crippen LogP contribution is 2.34. The second-order valence-electron chi connectivity index (χ2n) is 4.19. The molecule has 0 aliphatic rings. The molecule has 2 aromatic rings. The molecule has 0 fully saturated rings. The largest absolute Gasteiger partial charge is 0.326 e. The van der Waals surface area contributed by atoms with Gasteiger partial charge in [0.15, 0.2) is 0 Å². The molecule has 8 heteroatoms. The summed E-state index contributed by atoms with van der Waals surface area (Å²) in [4.78, 5) is 0. The minimum atomic E-state index is -3.61. The highest BCUT2D eigenvalue weighted by atomic mass is 79.9. The summed E-state index contributed by atoms with van der Waals surface area (Å²) in [7, 11) is -3.61.